The molecule has 1 heterocycles. The van der Waals surface area contributed by atoms with E-state index in [4.69, 9.17) is 4.99 Å². The third-order valence-electron chi connectivity index (χ3n) is 4.30. The Bertz CT molecular complexity index is 528. The Morgan fingerprint density at radius 1 is 1.33 bits per heavy atom. The van der Waals surface area contributed by atoms with Crippen molar-refractivity contribution in [2.75, 3.05) is 31.9 Å². The van der Waals surface area contributed by atoms with Crippen LogP contribution in [0.4, 0.5) is 0 Å². The van der Waals surface area contributed by atoms with Crippen molar-refractivity contribution in [1.82, 2.24) is 10.2 Å². The van der Waals surface area contributed by atoms with Crippen LogP contribution in [-0.2, 0) is 9.84 Å². The van der Waals surface area contributed by atoms with Crippen LogP contribution in [0.25, 0.3) is 0 Å². The van der Waals surface area contributed by atoms with E-state index in [1.807, 2.05) is 6.92 Å². The zero-order valence-electron chi connectivity index (χ0n) is 16.3. The maximum absolute atomic E-state index is 12.2. The average molecular weight is 473 g/mol. The highest BCUT2D eigenvalue weighted by molar-refractivity contribution is 14.0. The monoisotopic (exact) mass is 473 g/mol. The summed E-state index contributed by atoms with van der Waals surface area (Å²) in [6, 6.07) is 0. The largest absolute Gasteiger partial charge is 0.357 e. The first-order chi connectivity index (χ1) is 10.4. The fourth-order valence-electron chi connectivity index (χ4n) is 3.21. The van der Waals surface area contributed by atoms with Gasteiger partial charge in [-0.05, 0) is 38.5 Å². The van der Waals surface area contributed by atoms with Gasteiger partial charge in [0.25, 0.3) is 0 Å². The van der Waals surface area contributed by atoms with Crippen LogP contribution in [0.1, 0.15) is 54.9 Å². The minimum absolute atomic E-state index is 0. The lowest BCUT2D eigenvalue weighted by molar-refractivity contribution is 0.294. The molecule has 1 aliphatic heterocycles. The summed E-state index contributed by atoms with van der Waals surface area (Å²) in [6.07, 6.45) is 1.12. The first-order valence-electron chi connectivity index (χ1n) is 8.66. The molecule has 0 radical (unpaired) electrons. The molecule has 0 spiro atoms. The van der Waals surface area contributed by atoms with Crippen LogP contribution in [0.3, 0.4) is 0 Å². The molecule has 0 aromatic heterocycles. The summed E-state index contributed by atoms with van der Waals surface area (Å²) in [5, 5.41) is 3.32. The van der Waals surface area contributed by atoms with Gasteiger partial charge >= 0.3 is 0 Å². The van der Waals surface area contributed by atoms with Crippen LogP contribution >= 0.6 is 24.0 Å². The molecule has 0 atom stereocenters. The van der Waals surface area contributed by atoms with Crippen LogP contribution in [0.2, 0.25) is 0 Å². The molecule has 0 aromatic carbocycles. The Labute approximate surface area is 166 Å². The number of rotatable bonds is 5. The van der Waals surface area contributed by atoms with E-state index < -0.39 is 14.6 Å². The van der Waals surface area contributed by atoms with Crippen molar-refractivity contribution in [2.45, 2.75) is 59.6 Å². The van der Waals surface area contributed by atoms with E-state index in [0.717, 1.165) is 25.5 Å². The van der Waals surface area contributed by atoms with E-state index in [2.05, 4.69) is 37.9 Å². The minimum atomic E-state index is -3.03. The molecule has 0 saturated carbocycles. The average Bonchev–Trinajstić information content (AvgIpc) is 2.36. The second-order valence-corrected chi connectivity index (χ2v) is 11.2. The fraction of sp³-hybridized carbons (Fsp3) is 0.941. The van der Waals surface area contributed by atoms with Crippen molar-refractivity contribution >= 4 is 39.8 Å². The van der Waals surface area contributed by atoms with Gasteiger partial charge < -0.3 is 10.2 Å². The number of nitrogens with zero attached hydrogens (tertiary/aromatic N) is 2. The SMILES string of the molecule is CCNC(=NCC(C)(C)CC(C)C)N1CCS(=O)(=O)C(C)(C)C1.I. The van der Waals surface area contributed by atoms with E-state index in [9.17, 15) is 8.42 Å². The van der Waals surface area contributed by atoms with Crippen LogP contribution in [0.15, 0.2) is 4.99 Å². The van der Waals surface area contributed by atoms with Crippen molar-refractivity contribution in [1.29, 1.82) is 0 Å². The fourth-order valence-corrected chi connectivity index (χ4v) is 4.57. The minimum Gasteiger partial charge on any atom is -0.357 e. The third kappa shape index (κ3) is 6.69. The Morgan fingerprint density at radius 2 is 1.92 bits per heavy atom. The molecule has 0 unspecified atom stereocenters. The molecule has 0 aromatic rings. The van der Waals surface area contributed by atoms with Crippen LogP contribution in [0, 0.1) is 11.3 Å². The number of guanidine groups is 1. The van der Waals surface area contributed by atoms with E-state index in [1.165, 1.54) is 0 Å². The molecule has 144 valence electrons. The lowest BCUT2D eigenvalue weighted by Gasteiger charge is -2.39. The molecule has 1 N–H and O–H groups in total. The number of halogens is 1. The van der Waals surface area contributed by atoms with Gasteiger partial charge in [-0.15, -0.1) is 24.0 Å². The van der Waals surface area contributed by atoms with Crippen molar-refractivity contribution < 1.29 is 8.42 Å². The first kappa shape index (κ1) is 23.9. The Morgan fingerprint density at radius 3 is 2.38 bits per heavy atom. The molecule has 1 rings (SSSR count). The van der Waals surface area contributed by atoms with E-state index in [0.29, 0.717) is 19.0 Å². The van der Waals surface area contributed by atoms with Crippen molar-refractivity contribution in [3.8, 4) is 0 Å². The predicted octanol–water partition coefficient (Wildman–Crippen LogP) is 3.15. The predicted molar refractivity (Wildman–Crippen MR) is 114 cm³/mol. The molecule has 0 aliphatic carbocycles. The summed E-state index contributed by atoms with van der Waals surface area (Å²) in [7, 11) is -3.03. The van der Waals surface area contributed by atoms with Gasteiger partial charge in [0.2, 0.25) is 0 Å². The molecule has 7 heteroatoms. The van der Waals surface area contributed by atoms with Crippen LogP contribution in [0.5, 0.6) is 0 Å². The number of hydrogen-bond donors (Lipinski definition) is 1. The van der Waals surface area contributed by atoms with Gasteiger partial charge in [0.15, 0.2) is 15.8 Å². The molecular formula is C17H36IN3O2S. The van der Waals surface area contributed by atoms with Gasteiger partial charge in [-0.1, -0.05) is 27.7 Å². The molecule has 1 saturated heterocycles. The van der Waals surface area contributed by atoms with Crippen LogP contribution in [-0.4, -0.2) is 56.0 Å². The Balaban J connectivity index is 0.00000529. The van der Waals surface area contributed by atoms with Crippen molar-refractivity contribution in [2.24, 2.45) is 16.3 Å². The lowest BCUT2D eigenvalue weighted by Crippen LogP contribution is -2.57. The zero-order chi connectivity index (χ0) is 17.9. The Kier molecular flexibility index (Phi) is 9.03. The second-order valence-electron chi connectivity index (χ2n) is 8.43. The number of hydrogen-bond acceptors (Lipinski definition) is 3. The highest BCUT2D eigenvalue weighted by Gasteiger charge is 2.41. The van der Waals surface area contributed by atoms with E-state index >= 15 is 0 Å². The lowest BCUT2D eigenvalue weighted by atomic mass is 9.84. The summed E-state index contributed by atoms with van der Waals surface area (Å²) in [4.78, 5) is 6.91. The summed E-state index contributed by atoms with van der Waals surface area (Å²) in [5.74, 6) is 1.67. The van der Waals surface area contributed by atoms with Gasteiger partial charge in [-0.2, -0.15) is 0 Å². The Hall–Kier alpha value is -0.0500. The summed E-state index contributed by atoms with van der Waals surface area (Å²) in [5.41, 5.74) is 0.145. The van der Waals surface area contributed by atoms with Crippen molar-refractivity contribution in [3.63, 3.8) is 0 Å². The smallest absolute Gasteiger partial charge is 0.194 e. The third-order valence-corrected chi connectivity index (χ3v) is 6.83. The maximum atomic E-state index is 12.2. The standard InChI is InChI=1S/C17H35N3O2S.HI/c1-8-18-15(19-12-16(4,5)11-14(2)3)20-9-10-23(21,22)17(6,7)13-20;/h14H,8-13H2,1-7H3,(H,18,19);1H. The highest BCUT2D eigenvalue weighted by atomic mass is 127. The number of aliphatic imine (C=N–C) groups is 1. The number of sulfone groups is 1. The maximum Gasteiger partial charge on any atom is 0.194 e. The summed E-state index contributed by atoms with van der Waals surface area (Å²) < 4.78 is 23.6. The van der Waals surface area contributed by atoms with Gasteiger partial charge in [0, 0.05) is 26.2 Å². The zero-order valence-corrected chi connectivity index (χ0v) is 19.5. The molecule has 1 aliphatic rings. The van der Waals surface area contributed by atoms with Gasteiger partial charge in [-0.3, -0.25) is 4.99 Å². The normalized spacial score (nSPS) is 20.7. The van der Waals surface area contributed by atoms with Gasteiger partial charge in [0.05, 0.1) is 10.5 Å². The molecule has 0 bridgehead atoms. The summed E-state index contributed by atoms with van der Waals surface area (Å²) >= 11 is 0. The molecule has 5 nitrogen and oxygen atoms in total. The first-order valence-corrected chi connectivity index (χ1v) is 10.3. The summed E-state index contributed by atoms with van der Waals surface area (Å²) in [6.45, 7) is 17.1. The molecule has 1 fully saturated rings. The van der Waals surface area contributed by atoms with Gasteiger partial charge in [0.1, 0.15) is 0 Å². The molecular weight excluding hydrogens is 437 g/mol. The van der Waals surface area contributed by atoms with E-state index in [1.54, 1.807) is 13.8 Å². The second kappa shape index (κ2) is 9.05. The van der Waals surface area contributed by atoms with Gasteiger partial charge in [-0.25, -0.2) is 8.42 Å². The topological polar surface area (TPSA) is 61.8 Å². The quantitative estimate of drug-likeness (QED) is 0.379. The number of nitrogens with one attached hydrogen (secondary N) is 1. The molecule has 24 heavy (non-hydrogen) atoms. The highest BCUT2D eigenvalue weighted by Crippen LogP contribution is 2.26. The van der Waals surface area contributed by atoms with E-state index in [-0.39, 0.29) is 35.1 Å². The van der Waals surface area contributed by atoms with Crippen molar-refractivity contribution in [3.05, 3.63) is 0 Å². The van der Waals surface area contributed by atoms with Crippen LogP contribution < -0.4 is 5.32 Å². The molecule has 0 amide bonds.